The first-order valence-electron chi connectivity index (χ1n) is 6.32. The molecule has 0 aromatic heterocycles. The first-order chi connectivity index (χ1) is 10.5. The molecule has 2 amide bonds. The molecule has 2 aromatic rings. The normalized spacial score (nSPS) is 11.1. The molecule has 0 heterocycles. The number of benzene rings is 2. The van der Waals surface area contributed by atoms with Gasteiger partial charge in [-0.25, -0.2) is 10.2 Å². The number of phenolic OH excluding ortho intramolecular Hbond substituents is 1. The maximum atomic E-state index is 11.7. The number of carbonyl (C=O) groups excluding carboxylic acids is 1. The van der Waals surface area contributed by atoms with Crippen molar-refractivity contribution in [2.45, 2.75) is 6.92 Å². The number of urea groups is 1. The highest BCUT2D eigenvalue weighted by Crippen LogP contribution is 2.31. The number of nitrogens with one attached hydrogen (secondary N) is 2. The lowest BCUT2D eigenvalue weighted by atomic mass is 10.1. The number of hydrogen-bond donors (Lipinski definition) is 3. The third-order valence-corrected chi connectivity index (χ3v) is 3.28. The predicted molar refractivity (Wildman–Crippen MR) is 88.9 cm³/mol. The van der Waals surface area contributed by atoms with Gasteiger partial charge in [0.1, 0.15) is 5.75 Å². The van der Waals surface area contributed by atoms with E-state index in [0.717, 1.165) is 0 Å². The fraction of sp³-hybridized carbons (Fsp3) is 0.0667. The summed E-state index contributed by atoms with van der Waals surface area (Å²) in [5, 5.41) is 16.9. The molecule has 2 rings (SSSR count). The lowest BCUT2D eigenvalue weighted by molar-refractivity contribution is 0.252. The maximum Gasteiger partial charge on any atom is 0.339 e. The second-order valence-electron chi connectivity index (χ2n) is 4.41. The van der Waals surface area contributed by atoms with E-state index in [0.29, 0.717) is 22.0 Å². The number of phenols is 1. The van der Waals surface area contributed by atoms with Crippen LogP contribution in [0.3, 0.4) is 0 Å². The van der Waals surface area contributed by atoms with Crippen molar-refractivity contribution >= 4 is 40.6 Å². The second-order valence-corrected chi connectivity index (χ2v) is 5.26. The number of hydrazone groups is 1. The van der Waals surface area contributed by atoms with Crippen molar-refractivity contribution in [2.24, 2.45) is 5.10 Å². The Balaban J connectivity index is 2.08. The third-order valence-electron chi connectivity index (χ3n) is 2.77. The van der Waals surface area contributed by atoms with Crippen molar-refractivity contribution in [1.29, 1.82) is 0 Å². The Hall–Kier alpha value is -2.24. The van der Waals surface area contributed by atoms with Crippen molar-refractivity contribution in [3.63, 3.8) is 0 Å². The minimum Gasteiger partial charge on any atom is -0.506 e. The van der Waals surface area contributed by atoms with Gasteiger partial charge in [0.15, 0.2) is 0 Å². The number of nitrogens with zero attached hydrogens (tertiary/aromatic N) is 1. The molecule has 0 unspecified atom stereocenters. The average Bonchev–Trinajstić information content (AvgIpc) is 2.49. The Bertz CT molecular complexity index is 718. The average molecular weight is 338 g/mol. The van der Waals surface area contributed by atoms with E-state index in [4.69, 9.17) is 23.2 Å². The zero-order chi connectivity index (χ0) is 16.1. The monoisotopic (exact) mass is 337 g/mol. The van der Waals surface area contributed by atoms with Crippen molar-refractivity contribution in [1.82, 2.24) is 5.43 Å². The number of aromatic hydroxyl groups is 1. The molecular formula is C15H13Cl2N3O2. The molecule has 0 aliphatic carbocycles. The Kier molecular flexibility index (Phi) is 5.25. The van der Waals surface area contributed by atoms with Crippen molar-refractivity contribution in [2.75, 3.05) is 5.32 Å². The van der Waals surface area contributed by atoms with Crippen LogP contribution in [0.5, 0.6) is 5.75 Å². The highest BCUT2D eigenvalue weighted by atomic mass is 35.5. The van der Waals surface area contributed by atoms with Crippen LogP contribution in [0.2, 0.25) is 10.0 Å². The molecule has 0 fully saturated rings. The smallest absolute Gasteiger partial charge is 0.339 e. The van der Waals surface area contributed by atoms with Gasteiger partial charge in [-0.15, -0.1) is 0 Å². The Morgan fingerprint density at radius 2 is 1.86 bits per heavy atom. The van der Waals surface area contributed by atoms with E-state index in [1.165, 1.54) is 12.1 Å². The van der Waals surface area contributed by atoms with E-state index in [1.807, 2.05) is 6.07 Å². The standard InChI is InChI=1S/C15H13Cl2N3O2/c1-9(12-7-10(16)8-13(17)14(12)21)19-20-15(22)18-11-5-3-2-4-6-11/h2-8,21H,1H3,(H2,18,20,22)/b19-9-. The lowest BCUT2D eigenvalue weighted by Crippen LogP contribution is -2.25. The largest absolute Gasteiger partial charge is 0.506 e. The third kappa shape index (κ3) is 4.13. The number of carbonyl (C=O) groups is 1. The first kappa shape index (κ1) is 16.1. The van der Waals surface area contributed by atoms with Gasteiger partial charge in [-0.1, -0.05) is 41.4 Å². The quantitative estimate of drug-likeness (QED) is 0.578. The Morgan fingerprint density at radius 3 is 2.55 bits per heavy atom. The molecule has 0 aliphatic rings. The highest BCUT2D eigenvalue weighted by molar-refractivity contribution is 6.36. The van der Waals surface area contributed by atoms with Crippen LogP contribution >= 0.6 is 23.2 Å². The first-order valence-corrected chi connectivity index (χ1v) is 7.07. The molecule has 22 heavy (non-hydrogen) atoms. The van der Waals surface area contributed by atoms with Crippen LogP contribution in [-0.2, 0) is 0 Å². The minimum absolute atomic E-state index is 0.116. The minimum atomic E-state index is -0.502. The molecule has 5 nitrogen and oxygen atoms in total. The fourth-order valence-corrected chi connectivity index (χ4v) is 2.21. The molecule has 114 valence electrons. The zero-order valence-corrected chi connectivity index (χ0v) is 13.1. The van der Waals surface area contributed by atoms with Gasteiger partial charge in [-0.2, -0.15) is 5.10 Å². The molecular weight excluding hydrogens is 325 g/mol. The Labute approximate surface area is 137 Å². The molecule has 0 saturated heterocycles. The van der Waals surface area contributed by atoms with Crippen LogP contribution in [0, 0.1) is 0 Å². The summed E-state index contributed by atoms with van der Waals surface area (Å²) in [6.07, 6.45) is 0. The van der Waals surface area contributed by atoms with Gasteiger partial charge in [-0.05, 0) is 31.2 Å². The summed E-state index contributed by atoms with van der Waals surface area (Å²) in [4.78, 5) is 11.7. The van der Waals surface area contributed by atoms with E-state index >= 15 is 0 Å². The van der Waals surface area contributed by atoms with Gasteiger partial charge in [0.2, 0.25) is 0 Å². The molecule has 0 bridgehead atoms. The SMILES string of the molecule is C/C(=N/NC(=O)Nc1ccccc1)c1cc(Cl)cc(Cl)c1O. The Morgan fingerprint density at radius 1 is 1.18 bits per heavy atom. The van der Waals surface area contributed by atoms with Crippen molar-refractivity contribution in [3.05, 3.63) is 58.1 Å². The van der Waals surface area contributed by atoms with Crippen LogP contribution < -0.4 is 10.7 Å². The van der Waals surface area contributed by atoms with Crippen LogP contribution in [0.4, 0.5) is 10.5 Å². The van der Waals surface area contributed by atoms with E-state index < -0.39 is 6.03 Å². The van der Waals surface area contributed by atoms with Gasteiger partial charge >= 0.3 is 6.03 Å². The van der Waals surface area contributed by atoms with Crippen molar-refractivity contribution < 1.29 is 9.90 Å². The van der Waals surface area contributed by atoms with Gasteiger partial charge in [0, 0.05) is 16.3 Å². The van der Waals surface area contributed by atoms with Gasteiger partial charge < -0.3 is 10.4 Å². The van der Waals surface area contributed by atoms with Crippen molar-refractivity contribution in [3.8, 4) is 5.75 Å². The summed E-state index contributed by atoms with van der Waals surface area (Å²) in [6.45, 7) is 1.62. The van der Waals surface area contributed by atoms with Gasteiger partial charge in [0.05, 0.1) is 10.7 Å². The molecule has 7 heteroatoms. The topological polar surface area (TPSA) is 73.7 Å². The molecule has 0 radical (unpaired) electrons. The number of halogens is 2. The van der Waals surface area contributed by atoms with E-state index in [2.05, 4.69) is 15.8 Å². The summed E-state index contributed by atoms with van der Waals surface area (Å²) in [5.74, 6) is -0.141. The van der Waals surface area contributed by atoms with Gasteiger partial charge in [-0.3, -0.25) is 0 Å². The predicted octanol–water partition coefficient (Wildman–Crippen LogP) is 4.24. The van der Waals surface area contributed by atoms with E-state index in [1.54, 1.807) is 31.2 Å². The fourth-order valence-electron chi connectivity index (χ4n) is 1.72. The van der Waals surface area contributed by atoms with Crippen LogP contribution in [0.15, 0.2) is 47.6 Å². The molecule has 0 spiro atoms. The number of hydrogen-bond acceptors (Lipinski definition) is 3. The number of para-hydroxylation sites is 1. The summed E-state index contributed by atoms with van der Waals surface area (Å²) in [7, 11) is 0. The zero-order valence-electron chi connectivity index (χ0n) is 11.6. The summed E-state index contributed by atoms with van der Waals surface area (Å²) in [6, 6.07) is 11.4. The van der Waals surface area contributed by atoms with Crippen LogP contribution in [-0.4, -0.2) is 16.8 Å². The summed E-state index contributed by atoms with van der Waals surface area (Å²) < 4.78 is 0. The lowest BCUT2D eigenvalue weighted by Gasteiger charge is -2.08. The van der Waals surface area contributed by atoms with Crippen LogP contribution in [0.25, 0.3) is 0 Å². The number of anilines is 1. The molecule has 0 aliphatic heterocycles. The molecule has 0 saturated carbocycles. The van der Waals surface area contributed by atoms with Gasteiger partial charge in [0.25, 0.3) is 0 Å². The maximum absolute atomic E-state index is 11.7. The summed E-state index contributed by atoms with van der Waals surface area (Å²) in [5.41, 5.74) is 3.69. The molecule has 2 aromatic carbocycles. The molecule has 0 atom stereocenters. The summed E-state index contributed by atoms with van der Waals surface area (Å²) >= 11 is 11.7. The van der Waals surface area contributed by atoms with E-state index in [-0.39, 0.29) is 10.8 Å². The number of rotatable bonds is 3. The number of amides is 2. The van der Waals surface area contributed by atoms with E-state index in [9.17, 15) is 9.90 Å². The highest BCUT2D eigenvalue weighted by Gasteiger charge is 2.11. The second kappa shape index (κ2) is 7.15. The van der Waals surface area contributed by atoms with Crippen LogP contribution in [0.1, 0.15) is 12.5 Å². The molecule has 3 N–H and O–H groups in total.